The van der Waals surface area contributed by atoms with E-state index in [0.717, 1.165) is 24.3 Å². The van der Waals surface area contributed by atoms with Crippen LogP contribution in [0.15, 0.2) is 28.9 Å². The minimum Gasteiger partial charge on any atom is -0.493 e. The van der Waals surface area contributed by atoms with Crippen molar-refractivity contribution in [3.05, 3.63) is 30.0 Å². The Hall–Kier alpha value is -1.48. The van der Waals surface area contributed by atoms with E-state index in [9.17, 15) is 0 Å². The fourth-order valence-corrected chi connectivity index (χ4v) is 2.80. The molecule has 0 radical (unpaired) electrons. The molecule has 1 aliphatic heterocycles. The zero-order chi connectivity index (χ0) is 12.4. The SMILES string of the molecule is COc1ccc(CC2CCCCN2)c2ccoc12. The Morgan fingerprint density at radius 1 is 1.33 bits per heavy atom. The van der Waals surface area contributed by atoms with E-state index in [1.165, 1.54) is 30.2 Å². The molecule has 1 unspecified atom stereocenters. The van der Waals surface area contributed by atoms with Gasteiger partial charge in [0.1, 0.15) is 0 Å². The van der Waals surface area contributed by atoms with E-state index >= 15 is 0 Å². The summed E-state index contributed by atoms with van der Waals surface area (Å²) in [6.07, 6.45) is 6.72. The van der Waals surface area contributed by atoms with Crippen LogP contribution in [0, 0.1) is 0 Å². The second-order valence-corrected chi connectivity index (χ2v) is 4.94. The van der Waals surface area contributed by atoms with Gasteiger partial charge in [0.2, 0.25) is 0 Å². The molecule has 0 amide bonds. The minimum atomic E-state index is 0.602. The van der Waals surface area contributed by atoms with E-state index < -0.39 is 0 Å². The third-order valence-electron chi connectivity index (χ3n) is 3.77. The summed E-state index contributed by atoms with van der Waals surface area (Å²) < 4.78 is 10.8. The number of rotatable bonds is 3. The van der Waals surface area contributed by atoms with Crippen molar-refractivity contribution in [1.29, 1.82) is 0 Å². The van der Waals surface area contributed by atoms with Gasteiger partial charge < -0.3 is 14.5 Å². The van der Waals surface area contributed by atoms with E-state index in [4.69, 9.17) is 9.15 Å². The molecule has 0 spiro atoms. The molecule has 1 aliphatic rings. The molecular formula is C15H19NO2. The molecule has 1 atom stereocenters. The maximum absolute atomic E-state index is 5.52. The average Bonchev–Trinajstić information content (AvgIpc) is 2.90. The molecular weight excluding hydrogens is 226 g/mol. The number of fused-ring (bicyclic) bond motifs is 1. The monoisotopic (exact) mass is 245 g/mol. The minimum absolute atomic E-state index is 0.602. The van der Waals surface area contributed by atoms with Crippen LogP contribution < -0.4 is 10.1 Å². The summed E-state index contributed by atoms with van der Waals surface area (Å²) in [7, 11) is 1.68. The maximum Gasteiger partial charge on any atom is 0.175 e. The van der Waals surface area contributed by atoms with Crippen LogP contribution in [-0.4, -0.2) is 19.7 Å². The number of piperidine rings is 1. The fourth-order valence-electron chi connectivity index (χ4n) is 2.80. The van der Waals surface area contributed by atoms with Crippen molar-refractivity contribution in [2.75, 3.05) is 13.7 Å². The second kappa shape index (κ2) is 5.02. The largest absolute Gasteiger partial charge is 0.493 e. The molecule has 3 nitrogen and oxygen atoms in total. The molecule has 0 bridgehead atoms. The molecule has 1 fully saturated rings. The Morgan fingerprint density at radius 3 is 3.06 bits per heavy atom. The van der Waals surface area contributed by atoms with Crippen molar-refractivity contribution in [3.8, 4) is 5.75 Å². The van der Waals surface area contributed by atoms with Gasteiger partial charge in [0.15, 0.2) is 11.3 Å². The molecule has 3 heteroatoms. The van der Waals surface area contributed by atoms with Crippen molar-refractivity contribution in [1.82, 2.24) is 5.32 Å². The quantitative estimate of drug-likeness (QED) is 0.902. The zero-order valence-electron chi connectivity index (χ0n) is 10.7. The number of furan rings is 1. The number of benzene rings is 1. The van der Waals surface area contributed by atoms with Gasteiger partial charge in [-0.3, -0.25) is 0 Å². The lowest BCUT2D eigenvalue weighted by molar-refractivity contribution is 0.399. The molecule has 1 aromatic carbocycles. The van der Waals surface area contributed by atoms with Gasteiger partial charge in [-0.1, -0.05) is 12.5 Å². The smallest absolute Gasteiger partial charge is 0.175 e. The summed E-state index contributed by atoms with van der Waals surface area (Å²) in [4.78, 5) is 0. The van der Waals surface area contributed by atoms with Gasteiger partial charge in [-0.25, -0.2) is 0 Å². The third-order valence-corrected chi connectivity index (χ3v) is 3.77. The Balaban J connectivity index is 1.89. The highest BCUT2D eigenvalue weighted by molar-refractivity contribution is 5.86. The van der Waals surface area contributed by atoms with E-state index in [-0.39, 0.29) is 0 Å². The summed E-state index contributed by atoms with van der Waals surface area (Å²) in [6.45, 7) is 1.15. The van der Waals surface area contributed by atoms with Gasteiger partial charge in [0, 0.05) is 11.4 Å². The number of ether oxygens (including phenoxy) is 1. The van der Waals surface area contributed by atoms with Gasteiger partial charge in [-0.05, 0) is 43.5 Å². The van der Waals surface area contributed by atoms with Crippen LogP contribution in [-0.2, 0) is 6.42 Å². The first-order valence-electron chi connectivity index (χ1n) is 6.65. The summed E-state index contributed by atoms with van der Waals surface area (Å²) in [5, 5.41) is 4.77. The predicted molar refractivity (Wildman–Crippen MR) is 72.1 cm³/mol. The lowest BCUT2D eigenvalue weighted by Gasteiger charge is -2.23. The molecule has 3 rings (SSSR count). The van der Waals surface area contributed by atoms with Crippen LogP contribution in [0.5, 0.6) is 5.75 Å². The number of nitrogens with one attached hydrogen (secondary N) is 1. The highest BCUT2D eigenvalue weighted by atomic mass is 16.5. The lowest BCUT2D eigenvalue weighted by atomic mass is 9.96. The first kappa shape index (κ1) is 11.6. The highest BCUT2D eigenvalue weighted by Gasteiger charge is 2.16. The van der Waals surface area contributed by atoms with Crippen molar-refractivity contribution in [3.63, 3.8) is 0 Å². The van der Waals surface area contributed by atoms with Gasteiger partial charge >= 0.3 is 0 Å². The van der Waals surface area contributed by atoms with Crippen LogP contribution in [0.2, 0.25) is 0 Å². The molecule has 1 N–H and O–H groups in total. The molecule has 18 heavy (non-hydrogen) atoms. The van der Waals surface area contributed by atoms with E-state index in [1.54, 1.807) is 13.4 Å². The first-order valence-corrected chi connectivity index (χ1v) is 6.65. The van der Waals surface area contributed by atoms with E-state index in [2.05, 4.69) is 11.4 Å². The van der Waals surface area contributed by atoms with Crippen LogP contribution >= 0.6 is 0 Å². The molecule has 2 heterocycles. The first-order chi connectivity index (χ1) is 8.88. The summed E-state index contributed by atoms with van der Waals surface area (Å²) in [6, 6.07) is 6.80. The lowest BCUT2D eigenvalue weighted by Crippen LogP contribution is -2.35. The van der Waals surface area contributed by atoms with Crippen LogP contribution in [0.4, 0.5) is 0 Å². The van der Waals surface area contributed by atoms with Crippen LogP contribution in [0.3, 0.4) is 0 Å². The molecule has 0 saturated carbocycles. The van der Waals surface area contributed by atoms with Gasteiger partial charge in [-0.15, -0.1) is 0 Å². The number of methoxy groups -OCH3 is 1. The topological polar surface area (TPSA) is 34.4 Å². The Kier molecular flexibility index (Phi) is 3.24. The number of hydrogen-bond acceptors (Lipinski definition) is 3. The average molecular weight is 245 g/mol. The summed E-state index contributed by atoms with van der Waals surface area (Å²) >= 11 is 0. The second-order valence-electron chi connectivity index (χ2n) is 4.94. The van der Waals surface area contributed by atoms with Crippen LogP contribution in [0.25, 0.3) is 11.0 Å². The Morgan fingerprint density at radius 2 is 2.28 bits per heavy atom. The molecule has 1 aromatic heterocycles. The van der Waals surface area contributed by atoms with Crippen molar-refractivity contribution in [2.45, 2.75) is 31.7 Å². The molecule has 2 aromatic rings. The van der Waals surface area contributed by atoms with Gasteiger partial charge in [-0.2, -0.15) is 0 Å². The zero-order valence-corrected chi connectivity index (χ0v) is 10.7. The predicted octanol–water partition coefficient (Wildman–Crippen LogP) is 3.13. The Labute approximate surface area is 107 Å². The maximum atomic E-state index is 5.52. The van der Waals surface area contributed by atoms with Crippen LogP contribution in [0.1, 0.15) is 24.8 Å². The highest BCUT2D eigenvalue weighted by Crippen LogP contribution is 2.30. The molecule has 0 aliphatic carbocycles. The third kappa shape index (κ3) is 2.10. The van der Waals surface area contributed by atoms with Crippen molar-refractivity contribution < 1.29 is 9.15 Å². The number of hydrogen-bond donors (Lipinski definition) is 1. The standard InChI is InChI=1S/C15H19NO2/c1-17-14-6-5-11(13-7-9-18-15(13)14)10-12-4-2-3-8-16-12/h5-7,9,12,16H,2-4,8,10H2,1H3. The van der Waals surface area contributed by atoms with Crippen molar-refractivity contribution in [2.24, 2.45) is 0 Å². The molecule has 1 saturated heterocycles. The van der Waals surface area contributed by atoms with E-state index in [1.807, 2.05) is 12.1 Å². The summed E-state index contributed by atoms with van der Waals surface area (Å²) in [5.41, 5.74) is 2.21. The van der Waals surface area contributed by atoms with E-state index in [0.29, 0.717) is 6.04 Å². The summed E-state index contributed by atoms with van der Waals surface area (Å²) in [5.74, 6) is 0.815. The van der Waals surface area contributed by atoms with Crippen molar-refractivity contribution >= 4 is 11.0 Å². The van der Waals surface area contributed by atoms with Gasteiger partial charge in [0.05, 0.1) is 13.4 Å². The Bertz CT molecular complexity index is 526. The fraction of sp³-hybridized carbons (Fsp3) is 0.467. The van der Waals surface area contributed by atoms with Gasteiger partial charge in [0.25, 0.3) is 0 Å². The normalized spacial score (nSPS) is 20.2. The molecule has 96 valence electrons.